The van der Waals surface area contributed by atoms with Crippen LogP contribution in [0.5, 0.6) is 0 Å². The van der Waals surface area contributed by atoms with Crippen molar-refractivity contribution in [1.29, 1.82) is 0 Å². The maximum absolute atomic E-state index is 10.1. The van der Waals surface area contributed by atoms with Gasteiger partial charge in [0.15, 0.2) is 0 Å². The van der Waals surface area contributed by atoms with E-state index >= 15 is 0 Å². The Morgan fingerprint density at radius 3 is 2.78 bits per heavy atom. The first-order chi connectivity index (χ1) is 8.63. The number of aliphatic hydroxyl groups excluding tert-OH is 2. The Morgan fingerprint density at radius 1 is 1.39 bits per heavy atom. The summed E-state index contributed by atoms with van der Waals surface area (Å²) in [4.78, 5) is 0. The van der Waals surface area contributed by atoms with E-state index in [2.05, 4.69) is 0 Å². The van der Waals surface area contributed by atoms with E-state index in [1.54, 1.807) is 13.4 Å². The largest absolute Gasteiger partial charge is 0.469 e. The van der Waals surface area contributed by atoms with Crippen LogP contribution < -0.4 is 0 Å². The number of hydrogen-bond acceptors (Lipinski definition) is 4. The predicted octanol–water partition coefficient (Wildman–Crippen LogP) is 1.78. The molecule has 18 heavy (non-hydrogen) atoms. The molecule has 0 aliphatic heterocycles. The highest BCUT2D eigenvalue weighted by Gasteiger charge is 2.38. The zero-order chi connectivity index (χ0) is 13.1. The average Bonchev–Trinajstić information content (AvgIpc) is 2.83. The first-order valence-electron chi connectivity index (χ1n) is 6.52. The fraction of sp³-hybridized carbons (Fsp3) is 0.714. The van der Waals surface area contributed by atoms with Crippen molar-refractivity contribution in [3.8, 4) is 0 Å². The van der Waals surface area contributed by atoms with E-state index in [0.717, 1.165) is 5.76 Å². The number of aliphatic hydroxyl groups is 2. The second kappa shape index (κ2) is 5.87. The zero-order valence-electron chi connectivity index (χ0n) is 11.0. The summed E-state index contributed by atoms with van der Waals surface area (Å²) in [5.41, 5.74) is 0. The minimum Gasteiger partial charge on any atom is -0.469 e. The molecule has 0 bridgehead atoms. The van der Waals surface area contributed by atoms with E-state index in [0.29, 0.717) is 19.4 Å². The molecule has 1 aliphatic rings. The van der Waals surface area contributed by atoms with Gasteiger partial charge in [-0.2, -0.15) is 0 Å². The smallest absolute Gasteiger partial charge is 0.107 e. The Balaban J connectivity index is 2.26. The summed E-state index contributed by atoms with van der Waals surface area (Å²) in [6.07, 6.45) is 1.72. The van der Waals surface area contributed by atoms with Crippen molar-refractivity contribution < 1.29 is 19.4 Å². The van der Waals surface area contributed by atoms with Gasteiger partial charge in [0.1, 0.15) is 5.76 Å². The van der Waals surface area contributed by atoms with Crippen LogP contribution in [0.3, 0.4) is 0 Å². The van der Waals surface area contributed by atoms with Crippen LogP contribution in [0.25, 0.3) is 0 Å². The summed E-state index contributed by atoms with van der Waals surface area (Å²) in [6.45, 7) is 2.58. The van der Waals surface area contributed by atoms with Crippen molar-refractivity contribution in [2.24, 2.45) is 11.8 Å². The third kappa shape index (κ3) is 2.76. The number of methoxy groups -OCH3 is 1. The highest BCUT2D eigenvalue weighted by atomic mass is 16.5. The van der Waals surface area contributed by atoms with E-state index in [4.69, 9.17) is 9.15 Å². The van der Waals surface area contributed by atoms with Gasteiger partial charge in [-0.15, -0.1) is 0 Å². The lowest BCUT2D eigenvalue weighted by molar-refractivity contribution is 0.0298. The maximum atomic E-state index is 10.1. The Kier molecular flexibility index (Phi) is 4.43. The van der Waals surface area contributed by atoms with Gasteiger partial charge in [0.05, 0.1) is 25.1 Å². The van der Waals surface area contributed by atoms with Gasteiger partial charge in [-0.25, -0.2) is 0 Å². The third-order valence-corrected chi connectivity index (χ3v) is 4.11. The highest BCUT2D eigenvalue weighted by Crippen LogP contribution is 2.40. The summed E-state index contributed by atoms with van der Waals surface area (Å²) in [5.74, 6) is 1.21. The molecule has 0 unspecified atom stereocenters. The lowest BCUT2D eigenvalue weighted by Crippen LogP contribution is -2.30. The van der Waals surface area contributed by atoms with Crippen molar-refractivity contribution in [3.05, 3.63) is 24.2 Å². The number of hydrogen-bond donors (Lipinski definition) is 2. The second-order valence-corrected chi connectivity index (χ2v) is 5.29. The fourth-order valence-electron chi connectivity index (χ4n) is 3.00. The van der Waals surface area contributed by atoms with Gasteiger partial charge in [0, 0.05) is 13.0 Å². The van der Waals surface area contributed by atoms with Crippen molar-refractivity contribution in [2.75, 3.05) is 13.7 Å². The molecule has 0 amide bonds. The normalized spacial score (nSPS) is 37.4. The van der Waals surface area contributed by atoms with Gasteiger partial charge in [0.2, 0.25) is 0 Å². The number of furan rings is 1. The molecule has 102 valence electrons. The first-order valence-corrected chi connectivity index (χ1v) is 6.52. The Bertz CT molecular complexity index is 349. The molecule has 0 radical (unpaired) electrons. The molecule has 4 heteroatoms. The van der Waals surface area contributed by atoms with E-state index in [9.17, 15) is 10.2 Å². The zero-order valence-corrected chi connectivity index (χ0v) is 11.0. The van der Waals surface area contributed by atoms with E-state index in [1.807, 2.05) is 19.1 Å². The molecule has 0 saturated heterocycles. The molecule has 2 N–H and O–H groups in total. The molecule has 0 aromatic carbocycles. The minimum atomic E-state index is -0.487. The predicted molar refractivity (Wildman–Crippen MR) is 67.2 cm³/mol. The van der Waals surface area contributed by atoms with Gasteiger partial charge >= 0.3 is 0 Å². The monoisotopic (exact) mass is 254 g/mol. The molecular formula is C14H22O4. The van der Waals surface area contributed by atoms with Gasteiger partial charge < -0.3 is 19.4 Å². The highest BCUT2D eigenvalue weighted by molar-refractivity contribution is 5.09. The Morgan fingerprint density at radius 2 is 2.17 bits per heavy atom. The quantitative estimate of drug-likeness (QED) is 0.807. The molecule has 0 spiro atoms. The van der Waals surface area contributed by atoms with Gasteiger partial charge in [0.25, 0.3) is 0 Å². The van der Waals surface area contributed by atoms with E-state index in [1.165, 1.54) is 0 Å². The molecule has 1 saturated carbocycles. The van der Waals surface area contributed by atoms with Crippen LogP contribution in [0.15, 0.2) is 22.8 Å². The molecule has 5 atom stereocenters. The molecule has 1 heterocycles. The third-order valence-electron chi connectivity index (χ3n) is 4.11. The fourth-order valence-corrected chi connectivity index (χ4v) is 3.00. The van der Waals surface area contributed by atoms with Crippen LogP contribution in [0.1, 0.15) is 31.4 Å². The SMILES string of the molecule is COC[C@H]1[C@@H](C)[C@@H](O)C[C@H](O)C[C@H]1c1ccco1. The van der Waals surface area contributed by atoms with Crippen LogP contribution >= 0.6 is 0 Å². The molecule has 1 aromatic rings. The summed E-state index contributed by atoms with van der Waals surface area (Å²) in [7, 11) is 1.67. The van der Waals surface area contributed by atoms with Crippen LogP contribution in [-0.4, -0.2) is 36.1 Å². The van der Waals surface area contributed by atoms with Crippen molar-refractivity contribution >= 4 is 0 Å². The Labute approximate surface area is 108 Å². The maximum Gasteiger partial charge on any atom is 0.107 e. The minimum absolute atomic E-state index is 0.0807. The second-order valence-electron chi connectivity index (χ2n) is 5.29. The lowest BCUT2D eigenvalue weighted by Gasteiger charge is -2.29. The summed E-state index contributed by atoms with van der Waals surface area (Å²) < 4.78 is 10.8. The van der Waals surface area contributed by atoms with Crippen molar-refractivity contribution in [1.82, 2.24) is 0 Å². The topological polar surface area (TPSA) is 62.8 Å². The average molecular weight is 254 g/mol. The van der Waals surface area contributed by atoms with Crippen molar-refractivity contribution in [3.63, 3.8) is 0 Å². The van der Waals surface area contributed by atoms with Crippen LogP contribution in [-0.2, 0) is 4.74 Å². The lowest BCUT2D eigenvalue weighted by atomic mass is 9.79. The molecular weight excluding hydrogens is 232 g/mol. The molecule has 1 aromatic heterocycles. The van der Waals surface area contributed by atoms with E-state index < -0.39 is 12.2 Å². The Hall–Kier alpha value is -0.840. The van der Waals surface area contributed by atoms with Crippen molar-refractivity contribution in [2.45, 2.75) is 37.9 Å². The van der Waals surface area contributed by atoms with Crippen LogP contribution in [0, 0.1) is 11.8 Å². The summed E-state index contributed by atoms with van der Waals surface area (Å²) in [6, 6.07) is 3.79. The van der Waals surface area contributed by atoms with Gasteiger partial charge in [-0.05, 0) is 36.8 Å². The molecule has 2 rings (SSSR count). The molecule has 1 fully saturated rings. The summed E-state index contributed by atoms with van der Waals surface area (Å²) in [5, 5.41) is 20.1. The summed E-state index contributed by atoms with van der Waals surface area (Å²) >= 11 is 0. The van der Waals surface area contributed by atoms with Crippen LogP contribution in [0.2, 0.25) is 0 Å². The standard InChI is InChI=1S/C14H22O4/c1-9-12(8-17-2)11(14-4-3-5-18-14)6-10(15)7-13(9)16/h3-5,9-13,15-16H,6-8H2,1-2H3/t9-,10-,11-,12+,13+/m1/s1. The first kappa shape index (κ1) is 13.6. The molecule has 4 nitrogen and oxygen atoms in total. The number of ether oxygens (including phenoxy) is 1. The van der Waals surface area contributed by atoms with Gasteiger partial charge in [-0.1, -0.05) is 6.92 Å². The number of rotatable bonds is 3. The van der Waals surface area contributed by atoms with Gasteiger partial charge in [-0.3, -0.25) is 0 Å². The van der Waals surface area contributed by atoms with E-state index in [-0.39, 0.29) is 17.8 Å². The van der Waals surface area contributed by atoms with Crippen LogP contribution in [0.4, 0.5) is 0 Å². The molecule has 1 aliphatic carbocycles.